The lowest BCUT2D eigenvalue weighted by Gasteiger charge is -2.04. The summed E-state index contributed by atoms with van der Waals surface area (Å²) >= 11 is 0. The van der Waals surface area contributed by atoms with Gasteiger partial charge in [-0.15, -0.1) is 12.4 Å². The lowest BCUT2D eigenvalue weighted by atomic mass is 10.2. The second-order valence-electron chi connectivity index (χ2n) is 3.22. The van der Waals surface area contributed by atoms with Gasteiger partial charge in [-0.2, -0.15) is 0 Å². The molecule has 0 saturated carbocycles. The number of phenolic OH excluding ortho intramolecular Hbond substituents is 1. The molecule has 0 saturated heterocycles. The summed E-state index contributed by atoms with van der Waals surface area (Å²) < 4.78 is 5.08. The number of esters is 1. The average molecular weight is 251 g/mol. The summed E-state index contributed by atoms with van der Waals surface area (Å²) in [5.41, 5.74) is 0.159. The predicted molar refractivity (Wildman–Crippen MR) is 66.8 cm³/mol. The third kappa shape index (κ3) is 3.23. The molecule has 2 aromatic rings. The van der Waals surface area contributed by atoms with Crippen LogP contribution < -0.4 is 4.74 Å². The number of phenols is 1. The van der Waals surface area contributed by atoms with Crippen molar-refractivity contribution in [1.29, 1.82) is 0 Å². The molecular formula is C13H11ClO3. The van der Waals surface area contributed by atoms with Crippen LogP contribution in [-0.2, 0) is 0 Å². The maximum atomic E-state index is 11.7. The van der Waals surface area contributed by atoms with E-state index in [2.05, 4.69) is 0 Å². The van der Waals surface area contributed by atoms with E-state index in [9.17, 15) is 9.90 Å². The number of rotatable bonds is 2. The first-order valence-electron chi connectivity index (χ1n) is 4.82. The molecular weight excluding hydrogens is 240 g/mol. The standard InChI is InChI=1S/C13H10O3.ClH/c14-12-9-5-4-8-11(12)13(15)16-10-6-2-1-3-7-10;/h1-9,14H;1H. The fraction of sp³-hybridized carbons (Fsp3) is 0. The second-order valence-corrected chi connectivity index (χ2v) is 3.22. The molecule has 0 spiro atoms. The number of para-hydroxylation sites is 2. The largest absolute Gasteiger partial charge is 0.507 e. The number of carbonyl (C=O) groups is 1. The number of carbonyl (C=O) groups excluding carboxylic acids is 1. The van der Waals surface area contributed by atoms with Crippen LogP contribution >= 0.6 is 12.4 Å². The number of aromatic hydroxyl groups is 1. The molecule has 2 rings (SSSR count). The molecule has 0 bridgehead atoms. The van der Waals surface area contributed by atoms with Crippen LogP contribution in [0.4, 0.5) is 0 Å². The molecule has 0 aliphatic rings. The molecule has 0 aromatic heterocycles. The second kappa shape index (κ2) is 5.92. The van der Waals surface area contributed by atoms with Gasteiger partial charge >= 0.3 is 5.97 Å². The van der Waals surface area contributed by atoms with Gasteiger partial charge < -0.3 is 9.84 Å². The van der Waals surface area contributed by atoms with E-state index in [4.69, 9.17) is 4.74 Å². The van der Waals surface area contributed by atoms with E-state index in [0.29, 0.717) is 5.75 Å². The van der Waals surface area contributed by atoms with E-state index in [1.54, 1.807) is 36.4 Å². The maximum absolute atomic E-state index is 11.7. The van der Waals surface area contributed by atoms with Gasteiger partial charge in [0.1, 0.15) is 17.1 Å². The number of ether oxygens (including phenoxy) is 1. The van der Waals surface area contributed by atoms with Crippen molar-refractivity contribution in [1.82, 2.24) is 0 Å². The topological polar surface area (TPSA) is 46.5 Å². The van der Waals surface area contributed by atoms with Crippen LogP contribution in [0.15, 0.2) is 54.6 Å². The van der Waals surface area contributed by atoms with Crippen molar-refractivity contribution in [2.75, 3.05) is 0 Å². The summed E-state index contributed by atoms with van der Waals surface area (Å²) in [6.45, 7) is 0. The van der Waals surface area contributed by atoms with Crippen LogP contribution in [-0.4, -0.2) is 11.1 Å². The number of hydrogen-bond acceptors (Lipinski definition) is 3. The molecule has 0 aliphatic heterocycles. The Morgan fingerprint density at radius 2 is 1.53 bits per heavy atom. The molecule has 0 amide bonds. The Balaban J connectivity index is 0.00000144. The fourth-order valence-corrected chi connectivity index (χ4v) is 1.30. The van der Waals surface area contributed by atoms with Gasteiger partial charge in [-0.05, 0) is 24.3 Å². The highest BCUT2D eigenvalue weighted by atomic mass is 35.5. The van der Waals surface area contributed by atoms with Crippen LogP contribution in [0.2, 0.25) is 0 Å². The zero-order valence-electron chi connectivity index (χ0n) is 8.87. The number of benzene rings is 2. The minimum Gasteiger partial charge on any atom is -0.507 e. The van der Waals surface area contributed by atoms with Gasteiger partial charge in [0.25, 0.3) is 0 Å². The van der Waals surface area contributed by atoms with E-state index in [1.165, 1.54) is 12.1 Å². The highest BCUT2D eigenvalue weighted by Crippen LogP contribution is 2.18. The highest BCUT2D eigenvalue weighted by molar-refractivity contribution is 5.93. The molecule has 0 unspecified atom stereocenters. The quantitative estimate of drug-likeness (QED) is 0.658. The molecule has 1 N–H and O–H groups in total. The van der Waals surface area contributed by atoms with Crippen molar-refractivity contribution in [3.63, 3.8) is 0 Å². The molecule has 4 heteroatoms. The molecule has 17 heavy (non-hydrogen) atoms. The molecule has 0 heterocycles. The Morgan fingerprint density at radius 3 is 2.18 bits per heavy atom. The molecule has 0 atom stereocenters. The highest BCUT2D eigenvalue weighted by Gasteiger charge is 2.12. The molecule has 0 radical (unpaired) electrons. The monoisotopic (exact) mass is 250 g/mol. The van der Waals surface area contributed by atoms with Crippen molar-refractivity contribution in [3.05, 3.63) is 60.2 Å². The summed E-state index contributed by atoms with van der Waals surface area (Å²) in [5.74, 6) is -0.191. The van der Waals surface area contributed by atoms with Gasteiger partial charge in [0, 0.05) is 0 Å². The number of hydrogen-bond donors (Lipinski definition) is 1. The Bertz CT molecular complexity index is 497. The van der Waals surface area contributed by atoms with Gasteiger partial charge in [-0.25, -0.2) is 4.79 Å². The minimum absolute atomic E-state index is 0. The minimum atomic E-state index is -0.565. The zero-order chi connectivity index (χ0) is 11.4. The Morgan fingerprint density at radius 1 is 0.941 bits per heavy atom. The van der Waals surface area contributed by atoms with Gasteiger partial charge in [0.15, 0.2) is 0 Å². The first kappa shape index (κ1) is 13.1. The Hall–Kier alpha value is -2.00. The first-order valence-corrected chi connectivity index (χ1v) is 4.82. The van der Waals surface area contributed by atoms with Crippen LogP contribution in [0.5, 0.6) is 11.5 Å². The van der Waals surface area contributed by atoms with E-state index >= 15 is 0 Å². The molecule has 88 valence electrons. The maximum Gasteiger partial charge on any atom is 0.347 e. The van der Waals surface area contributed by atoms with Crippen molar-refractivity contribution in [2.24, 2.45) is 0 Å². The van der Waals surface area contributed by atoms with Gasteiger partial charge in [-0.1, -0.05) is 30.3 Å². The molecule has 3 nitrogen and oxygen atoms in total. The smallest absolute Gasteiger partial charge is 0.347 e. The molecule has 0 fully saturated rings. The van der Waals surface area contributed by atoms with E-state index in [-0.39, 0.29) is 23.7 Å². The third-order valence-corrected chi connectivity index (χ3v) is 2.08. The van der Waals surface area contributed by atoms with Gasteiger partial charge in [-0.3, -0.25) is 0 Å². The first-order chi connectivity index (χ1) is 7.77. The van der Waals surface area contributed by atoms with Crippen LogP contribution in [0.3, 0.4) is 0 Å². The summed E-state index contributed by atoms with van der Waals surface area (Å²) in [7, 11) is 0. The predicted octanol–water partition coefficient (Wildman–Crippen LogP) is 3.03. The summed E-state index contributed by atoms with van der Waals surface area (Å²) in [6, 6.07) is 15.0. The van der Waals surface area contributed by atoms with Crippen molar-refractivity contribution < 1.29 is 14.6 Å². The Kier molecular flexibility index (Phi) is 4.55. The normalized spacial score (nSPS) is 9.18. The SMILES string of the molecule is Cl.O=C(Oc1ccccc1)c1ccccc1O. The van der Waals surface area contributed by atoms with E-state index in [1.807, 2.05) is 6.07 Å². The van der Waals surface area contributed by atoms with E-state index < -0.39 is 5.97 Å². The number of halogens is 1. The zero-order valence-corrected chi connectivity index (χ0v) is 9.68. The molecule has 2 aromatic carbocycles. The summed E-state index contributed by atoms with van der Waals surface area (Å²) in [6.07, 6.45) is 0. The Labute approximate surface area is 105 Å². The summed E-state index contributed by atoms with van der Waals surface area (Å²) in [5, 5.41) is 9.46. The van der Waals surface area contributed by atoms with Crippen molar-refractivity contribution in [2.45, 2.75) is 0 Å². The van der Waals surface area contributed by atoms with Gasteiger partial charge in [0.2, 0.25) is 0 Å². The van der Waals surface area contributed by atoms with Crippen LogP contribution in [0, 0.1) is 0 Å². The lowest BCUT2D eigenvalue weighted by Crippen LogP contribution is -2.08. The average Bonchev–Trinajstić information content (AvgIpc) is 2.31. The summed E-state index contributed by atoms with van der Waals surface area (Å²) in [4.78, 5) is 11.7. The lowest BCUT2D eigenvalue weighted by molar-refractivity contribution is 0.0731. The fourth-order valence-electron chi connectivity index (χ4n) is 1.30. The van der Waals surface area contributed by atoms with Gasteiger partial charge in [0.05, 0.1) is 0 Å². The molecule has 0 aliphatic carbocycles. The third-order valence-electron chi connectivity index (χ3n) is 2.08. The van der Waals surface area contributed by atoms with Crippen molar-refractivity contribution >= 4 is 18.4 Å². The van der Waals surface area contributed by atoms with Crippen LogP contribution in [0.25, 0.3) is 0 Å². The van der Waals surface area contributed by atoms with E-state index in [0.717, 1.165) is 0 Å². The van der Waals surface area contributed by atoms with Crippen molar-refractivity contribution in [3.8, 4) is 11.5 Å². The van der Waals surface area contributed by atoms with Crippen LogP contribution in [0.1, 0.15) is 10.4 Å².